The van der Waals surface area contributed by atoms with Crippen molar-refractivity contribution in [1.29, 1.82) is 0 Å². The number of likely N-dealkylation sites (tertiary alicyclic amines) is 1. The Hall–Kier alpha value is -4.37. The molecular weight excluding hydrogens is 516 g/mol. The molecule has 0 unspecified atom stereocenters. The van der Waals surface area contributed by atoms with Crippen molar-refractivity contribution in [3.8, 4) is 11.4 Å². The van der Waals surface area contributed by atoms with Gasteiger partial charge < -0.3 is 15.2 Å². The molecule has 9 nitrogen and oxygen atoms in total. The lowest BCUT2D eigenvalue weighted by molar-refractivity contribution is -0.121. The van der Waals surface area contributed by atoms with Gasteiger partial charge in [-0.3, -0.25) is 19.5 Å². The Balaban J connectivity index is 1.12. The number of rotatable bonds is 8. The average molecular weight is 553 g/mol. The van der Waals surface area contributed by atoms with E-state index in [0.29, 0.717) is 48.9 Å². The third-order valence-electron chi connectivity index (χ3n) is 7.40. The number of nitrogens with one attached hydrogen (secondary N) is 2. The van der Waals surface area contributed by atoms with Crippen molar-refractivity contribution in [3.05, 3.63) is 95.6 Å². The van der Waals surface area contributed by atoms with Crippen molar-refractivity contribution < 1.29 is 14.1 Å². The highest BCUT2D eigenvalue weighted by molar-refractivity contribution is 6.04. The summed E-state index contributed by atoms with van der Waals surface area (Å²) in [6.45, 7) is 8.94. The van der Waals surface area contributed by atoms with E-state index in [0.717, 1.165) is 24.2 Å². The van der Waals surface area contributed by atoms with E-state index < -0.39 is 0 Å². The molecule has 0 aliphatic carbocycles. The number of hydrogen-bond acceptors (Lipinski definition) is 7. The highest BCUT2D eigenvalue weighted by Crippen LogP contribution is 2.26. The van der Waals surface area contributed by atoms with E-state index >= 15 is 0 Å². The van der Waals surface area contributed by atoms with Crippen LogP contribution < -0.4 is 10.6 Å². The predicted octanol–water partition coefficient (Wildman–Crippen LogP) is 5.21. The number of piperidine rings is 1. The molecule has 2 aromatic carbocycles. The summed E-state index contributed by atoms with van der Waals surface area (Å²) in [6, 6.07) is 19.1. The van der Waals surface area contributed by atoms with Crippen LogP contribution in [-0.2, 0) is 23.3 Å². The standard InChI is InChI=1S/C32H36N6O3/c1-32(2,3)25-12-10-23(11-13-25)29-36-28(41-37-29)21-38-17-14-24(15-18-38)30(39)35-27-9-5-4-8-26(27)31(40)34-20-22-7-6-16-33-19-22/h4-13,16,19,24H,14-15,17-18,20-21H2,1-3H3,(H,34,40)(H,35,39). The summed E-state index contributed by atoms with van der Waals surface area (Å²) in [4.78, 5) is 36.9. The van der Waals surface area contributed by atoms with Crippen LogP contribution in [0.4, 0.5) is 5.69 Å². The third kappa shape index (κ3) is 7.24. The number of pyridine rings is 1. The first kappa shape index (κ1) is 28.2. The van der Waals surface area contributed by atoms with Crippen molar-refractivity contribution in [3.63, 3.8) is 0 Å². The minimum absolute atomic E-state index is 0.0732. The number of benzene rings is 2. The predicted molar refractivity (Wildman–Crippen MR) is 157 cm³/mol. The van der Waals surface area contributed by atoms with Gasteiger partial charge in [0.25, 0.3) is 5.91 Å². The summed E-state index contributed by atoms with van der Waals surface area (Å²) in [5.74, 6) is 0.684. The smallest absolute Gasteiger partial charge is 0.253 e. The number of para-hydroxylation sites is 1. The Morgan fingerprint density at radius 2 is 1.76 bits per heavy atom. The molecule has 0 atom stereocenters. The van der Waals surface area contributed by atoms with Crippen LogP contribution >= 0.6 is 0 Å². The van der Waals surface area contributed by atoms with Crippen molar-refractivity contribution in [2.24, 2.45) is 5.92 Å². The van der Waals surface area contributed by atoms with Crippen LogP contribution in [0.25, 0.3) is 11.4 Å². The molecule has 2 amide bonds. The van der Waals surface area contributed by atoms with E-state index in [1.54, 1.807) is 30.6 Å². The summed E-state index contributed by atoms with van der Waals surface area (Å²) in [6.07, 6.45) is 4.81. The van der Waals surface area contributed by atoms with Crippen LogP contribution in [0.2, 0.25) is 0 Å². The fourth-order valence-corrected chi connectivity index (χ4v) is 4.91. The van der Waals surface area contributed by atoms with E-state index in [4.69, 9.17) is 4.52 Å². The number of anilines is 1. The van der Waals surface area contributed by atoms with Crippen LogP contribution in [0.3, 0.4) is 0 Å². The van der Waals surface area contributed by atoms with Crippen molar-refractivity contribution in [2.45, 2.75) is 52.1 Å². The van der Waals surface area contributed by atoms with E-state index in [1.165, 1.54) is 5.56 Å². The van der Waals surface area contributed by atoms with Crippen LogP contribution in [0.5, 0.6) is 0 Å². The Morgan fingerprint density at radius 3 is 2.46 bits per heavy atom. The molecule has 2 aromatic heterocycles. The van der Waals surface area contributed by atoms with Gasteiger partial charge in [0.15, 0.2) is 0 Å². The van der Waals surface area contributed by atoms with Crippen molar-refractivity contribution in [1.82, 2.24) is 25.3 Å². The lowest BCUT2D eigenvalue weighted by Crippen LogP contribution is -2.38. The number of carbonyl (C=O) groups is 2. The number of amides is 2. The third-order valence-corrected chi connectivity index (χ3v) is 7.40. The largest absolute Gasteiger partial charge is 0.348 e. The first-order chi connectivity index (χ1) is 19.8. The lowest BCUT2D eigenvalue weighted by atomic mass is 9.87. The summed E-state index contributed by atoms with van der Waals surface area (Å²) >= 11 is 0. The van der Waals surface area contributed by atoms with Gasteiger partial charge in [-0.25, -0.2) is 0 Å². The van der Waals surface area contributed by atoms with Crippen LogP contribution in [0.1, 0.15) is 61.0 Å². The van der Waals surface area contributed by atoms with E-state index in [9.17, 15) is 9.59 Å². The Bertz CT molecular complexity index is 1470. The average Bonchev–Trinajstić information content (AvgIpc) is 3.45. The van der Waals surface area contributed by atoms with Gasteiger partial charge in [0.1, 0.15) is 0 Å². The van der Waals surface area contributed by atoms with E-state index in [1.807, 2.05) is 30.3 Å². The van der Waals surface area contributed by atoms with Gasteiger partial charge >= 0.3 is 0 Å². The van der Waals surface area contributed by atoms with Gasteiger partial charge in [-0.15, -0.1) is 0 Å². The molecule has 41 heavy (non-hydrogen) atoms. The highest BCUT2D eigenvalue weighted by Gasteiger charge is 2.27. The maximum Gasteiger partial charge on any atom is 0.253 e. The molecule has 9 heteroatoms. The Kier molecular flexibility index (Phi) is 8.54. The summed E-state index contributed by atoms with van der Waals surface area (Å²) in [7, 11) is 0. The number of carbonyl (C=O) groups excluding carboxylic acids is 2. The molecular formula is C32H36N6O3. The zero-order valence-electron chi connectivity index (χ0n) is 23.8. The topological polar surface area (TPSA) is 113 Å². The first-order valence-corrected chi connectivity index (χ1v) is 14.0. The second-order valence-corrected chi connectivity index (χ2v) is 11.5. The molecule has 0 saturated carbocycles. The van der Waals surface area contributed by atoms with E-state index in [2.05, 4.69) is 63.6 Å². The van der Waals surface area contributed by atoms with Crippen LogP contribution in [0.15, 0.2) is 77.6 Å². The highest BCUT2D eigenvalue weighted by atomic mass is 16.5. The number of hydrogen-bond donors (Lipinski definition) is 2. The second-order valence-electron chi connectivity index (χ2n) is 11.5. The molecule has 3 heterocycles. The van der Waals surface area contributed by atoms with Gasteiger partial charge in [-0.2, -0.15) is 4.98 Å². The van der Waals surface area contributed by atoms with Gasteiger partial charge in [-0.1, -0.05) is 68.4 Å². The minimum atomic E-state index is -0.247. The van der Waals surface area contributed by atoms with Gasteiger partial charge in [0, 0.05) is 30.4 Å². The molecule has 212 valence electrons. The molecule has 0 bridgehead atoms. The quantitative estimate of drug-likeness (QED) is 0.309. The lowest BCUT2D eigenvalue weighted by Gasteiger charge is -2.30. The van der Waals surface area contributed by atoms with Crippen LogP contribution in [-0.4, -0.2) is 44.9 Å². The molecule has 2 N–H and O–H groups in total. The molecule has 1 fully saturated rings. The molecule has 1 aliphatic rings. The normalized spacial score (nSPS) is 14.5. The first-order valence-electron chi connectivity index (χ1n) is 14.0. The number of nitrogens with zero attached hydrogens (tertiary/aromatic N) is 4. The Labute approximate surface area is 240 Å². The zero-order chi connectivity index (χ0) is 28.8. The number of aromatic nitrogens is 3. The van der Waals surface area contributed by atoms with Crippen molar-refractivity contribution in [2.75, 3.05) is 18.4 Å². The second kappa shape index (κ2) is 12.4. The molecule has 5 rings (SSSR count). The summed E-state index contributed by atoms with van der Waals surface area (Å²) in [5.41, 5.74) is 4.11. The fourth-order valence-electron chi connectivity index (χ4n) is 4.91. The molecule has 1 aliphatic heterocycles. The SMILES string of the molecule is CC(C)(C)c1ccc(-c2noc(CN3CCC(C(=O)Nc4ccccc4C(=O)NCc4cccnc4)CC3)n2)cc1. The van der Waals surface area contributed by atoms with E-state index in [-0.39, 0.29) is 23.1 Å². The molecule has 0 radical (unpaired) electrons. The van der Waals surface area contributed by atoms with Crippen molar-refractivity contribution >= 4 is 17.5 Å². The zero-order valence-corrected chi connectivity index (χ0v) is 23.8. The van der Waals surface area contributed by atoms with Gasteiger partial charge in [-0.05, 0) is 60.7 Å². The van der Waals surface area contributed by atoms with Crippen LogP contribution in [0, 0.1) is 5.92 Å². The summed E-state index contributed by atoms with van der Waals surface area (Å²) < 4.78 is 5.53. The maximum atomic E-state index is 13.1. The Morgan fingerprint density at radius 1 is 1.00 bits per heavy atom. The molecule has 0 spiro atoms. The minimum Gasteiger partial charge on any atom is -0.348 e. The fraction of sp³-hybridized carbons (Fsp3) is 0.344. The van der Waals surface area contributed by atoms with Gasteiger partial charge in [0.05, 0.1) is 17.8 Å². The molecule has 4 aromatic rings. The van der Waals surface area contributed by atoms with Gasteiger partial charge in [0.2, 0.25) is 17.6 Å². The summed E-state index contributed by atoms with van der Waals surface area (Å²) in [5, 5.41) is 10.1. The molecule has 1 saturated heterocycles. The maximum absolute atomic E-state index is 13.1. The monoisotopic (exact) mass is 552 g/mol.